The summed E-state index contributed by atoms with van der Waals surface area (Å²) in [5.74, 6) is 0. The topological polar surface area (TPSA) is 376 Å². The SMILES string of the molecule is CC(C)(O)c1cccc(-c2cccc(-c3cc(C(C)(C)S(C)(=O)=O)cc4cccnc34)c2)n1.CC(C)(c1cc(-c2cccc(-c3cc(S(C)(=O)=O)c[n+]([O-])c3)c2)c2ncccc2c1)S(C)(=O)=O.CC(C)(c1cc(-c2cccc(-c3ccc(S(C)(=O)=O)nc3)c2)c2ncccc2c1)S(C)(=O)=O.CC(C)(c1cc(-c2cccc(-c3cccc(S(C)(=O)=O)n3)c2)c2ncccc2c1)S(C)(=O)=O. The Morgan fingerprint density at radius 3 is 0.902 bits per heavy atom. The molecule has 8 aromatic heterocycles. The highest BCUT2D eigenvalue weighted by Crippen LogP contribution is 2.44. The van der Waals surface area contributed by atoms with Crippen LogP contribution in [-0.4, -0.2) is 143 Å². The fourth-order valence-corrected chi connectivity index (χ4v) is 18.7. The second kappa shape index (κ2) is 36.8. The molecule has 0 aliphatic heterocycles. The van der Waals surface area contributed by atoms with Gasteiger partial charge in [0.25, 0.3) is 0 Å². The van der Waals surface area contributed by atoms with E-state index in [1.54, 1.807) is 130 Å². The quantitative estimate of drug-likeness (QED) is 0.0547. The Morgan fingerprint density at radius 1 is 0.278 bits per heavy atom. The van der Waals surface area contributed by atoms with Crippen molar-refractivity contribution in [1.29, 1.82) is 0 Å². The lowest BCUT2D eigenvalue weighted by Crippen LogP contribution is -2.28. The molecule has 0 bridgehead atoms. The van der Waals surface area contributed by atoms with Gasteiger partial charge in [-0.25, -0.2) is 73.9 Å². The van der Waals surface area contributed by atoms with Crippen molar-refractivity contribution in [1.82, 2.24) is 34.9 Å². The van der Waals surface area contributed by atoms with E-state index in [4.69, 9.17) is 0 Å². The largest absolute Gasteiger partial charge is 0.619 e. The van der Waals surface area contributed by atoms with Gasteiger partial charge in [0.1, 0.15) is 10.5 Å². The molecular formula is C102H100N8O16S7. The highest BCUT2D eigenvalue weighted by atomic mass is 32.2. The number of aromatic nitrogens is 8. The van der Waals surface area contributed by atoms with Gasteiger partial charge in [0, 0.05) is 141 Å². The molecule has 0 aliphatic carbocycles. The summed E-state index contributed by atoms with van der Waals surface area (Å²) in [5.41, 5.74) is 17.5. The van der Waals surface area contributed by atoms with Gasteiger partial charge in [-0.1, -0.05) is 109 Å². The molecule has 0 amide bonds. The third-order valence-electron chi connectivity index (χ3n) is 24.1. The number of sulfone groups is 7. The van der Waals surface area contributed by atoms with E-state index in [9.17, 15) is 69.2 Å². The van der Waals surface area contributed by atoms with Gasteiger partial charge >= 0.3 is 0 Å². The molecule has 0 aliphatic rings. The number of aliphatic hydroxyl groups is 1. The number of nitrogens with zero attached hydrogens (tertiary/aromatic N) is 8. The van der Waals surface area contributed by atoms with Gasteiger partial charge in [0.2, 0.25) is 0 Å². The van der Waals surface area contributed by atoms with Crippen LogP contribution in [0.25, 0.3) is 133 Å². The van der Waals surface area contributed by atoms with E-state index in [-0.39, 0.29) is 14.9 Å². The summed E-state index contributed by atoms with van der Waals surface area (Å²) < 4.78 is 168. The van der Waals surface area contributed by atoms with Crippen molar-refractivity contribution in [3.8, 4) is 89.3 Å². The van der Waals surface area contributed by atoms with E-state index in [0.29, 0.717) is 55.0 Å². The lowest BCUT2D eigenvalue weighted by atomic mass is 9.92. The Morgan fingerprint density at radius 2 is 0.586 bits per heavy atom. The normalized spacial score (nSPS) is 12.7. The monoisotopic (exact) mass is 1920 g/mol. The standard InChI is InChI=1S/C27H28N2O3S.C25H24N2O5S2.2C25H24N2O4S2/c1-26(2,30)24-13-7-12-23(29-24)19-10-6-9-18(15-19)22-17-21(27(3,4)33(5,31)32)16-20-11-8-14-28-25(20)22;1-25(2,34(4,31)32)21-12-19-9-6-10-26-24(19)23(14-21)18-8-5-7-17(11-18)20-13-22(33(3,29)30)16-27(28)15-20;1-25(2,33(4,30)31)20-15-19-10-7-13-26-24(19)21(16-20)17-8-5-9-18(14-17)22-11-6-12-23(27-22)32(3,28)29;1-25(2,33(4,30)31)21-14-19-9-6-12-26-24(19)22(15-21)18-8-5-7-17(13-18)20-10-11-23(27-16-20)32(3,28)29/h6-17,30H,1-5H3;5-16H,1-4H3;2*5-16H,1-4H3. The second-order valence-electron chi connectivity index (χ2n) is 35.5. The maximum atomic E-state index is 12.5. The van der Waals surface area contributed by atoms with E-state index in [1.807, 2.05) is 194 Å². The molecule has 8 heterocycles. The minimum absolute atomic E-state index is 0.00872. The highest BCUT2D eigenvalue weighted by molar-refractivity contribution is 7.93. The molecule has 133 heavy (non-hydrogen) atoms. The van der Waals surface area contributed by atoms with Crippen molar-refractivity contribution in [2.75, 3.05) is 43.8 Å². The predicted molar refractivity (Wildman–Crippen MR) is 529 cm³/mol. The molecule has 8 aromatic carbocycles. The van der Waals surface area contributed by atoms with Gasteiger partial charge in [-0.15, -0.1) is 0 Å². The molecule has 0 spiro atoms. The maximum absolute atomic E-state index is 12.5. The van der Waals surface area contributed by atoms with Gasteiger partial charge in [-0.2, -0.15) is 4.73 Å². The summed E-state index contributed by atoms with van der Waals surface area (Å²) in [7, 11) is -23.9. The zero-order chi connectivity index (χ0) is 96.9. The summed E-state index contributed by atoms with van der Waals surface area (Å²) in [5, 5.41) is 25.9. The van der Waals surface area contributed by atoms with Crippen LogP contribution in [-0.2, 0) is 93.4 Å². The smallest absolute Gasteiger partial charge is 0.199 e. The molecule has 0 fully saturated rings. The van der Waals surface area contributed by atoms with Crippen LogP contribution in [0.15, 0.2) is 307 Å². The van der Waals surface area contributed by atoms with E-state index in [2.05, 4.69) is 34.9 Å². The summed E-state index contributed by atoms with van der Waals surface area (Å²) >= 11 is 0. The molecule has 0 atom stereocenters. The molecule has 16 aromatic rings. The summed E-state index contributed by atoms with van der Waals surface area (Å²) in [6.45, 7) is 17.0. The van der Waals surface area contributed by atoms with Crippen molar-refractivity contribution in [2.24, 2.45) is 0 Å². The number of hydrogen-bond acceptors (Lipinski definition) is 23. The van der Waals surface area contributed by atoms with Crippen molar-refractivity contribution < 1.29 is 68.8 Å². The van der Waals surface area contributed by atoms with Gasteiger partial charge in [0.15, 0.2) is 91.3 Å². The van der Waals surface area contributed by atoms with Crippen LogP contribution in [0.1, 0.15) is 97.2 Å². The number of rotatable bonds is 20. The Hall–Kier alpha value is -12.6. The number of fused-ring (bicyclic) bond motifs is 4. The Labute approximate surface area is 777 Å². The Kier molecular flexibility index (Phi) is 27.1. The fourth-order valence-electron chi connectivity index (χ4n) is 14.7. The van der Waals surface area contributed by atoms with Gasteiger partial charge in [0.05, 0.1) is 58.1 Å². The molecular weight excluding hydrogens is 1820 g/mol. The van der Waals surface area contributed by atoms with E-state index < -0.39 is 93.4 Å². The van der Waals surface area contributed by atoms with Crippen LogP contribution in [0.3, 0.4) is 0 Å². The first-order valence-electron chi connectivity index (χ1n) is 41.7. The van der Waals surface area contributed by atoms with Crippen molar-refractivity contribution in [2.45, 2.75) is 109 Å². The van der Waals surface area contributed by atoms with E-state index in [0.717, 1.165) is 136 Å². The average molecular weight is 1920 g/mol. The molecule has 0 saturated carbocycles. The van der Waals surface area contributed by atoms with Crippen LogP contribution in [0.5, 0.6) is 0 Å². The van der Waals surface area contributed by atoms with Crippen LogP contribution >= 0.6 is 0 Å². The first kappa shape index (κ1) is 97.9. The third kappa shape index (κ3) is 21.4. The molecule has 31 heteroatoms. The first-order valence-corrected chi connectivity index (χ1v) is 54.9. The van der Waals surface area contributed by atoms with E-state index >= 15 is 0 Å². The number of benzene rings is 8. The van der Waals surface area contributed by atoms with Crippen LogP contribution in [0.4, 0.5) is 0 Å². The summed E-state index contributed by atoms with van der Waals surface area (Å²) in [6.07, 6.45) is 19.0. The van der Waals surface area contributed by atoms with Gasteiger partial charge in [-0.05, 0) is 264 Å². The fraction of sp³-hybridized carbons (Fsp3) is 0.216. The maximum Gasteiger partial charge on any atom is 0.199 e. The predicted octanol–water partition coefficient (Wildman–Crippen LogP) is 18.7. The zero-order valence-electron chi connectivity index (χ0n) is 76.2. The van der Waals surface area contributed by atoms with Gasteiger partial charge in [-0.3, -0.25) is 19.9 Å². The lowest BCUT2D eigenvalue weighted by molar-refractivity contribution is -0.607. The van der Waals surface area contributed by atoms with Crippen LogP contribution in [0, 0.1) is 5.21 Å². The molecule has 686 valence electrons. The molecule has 1 N–H and O–H groups in total. The van der Waals surface area contributed by atoms with Crippen molar-refractivity contribution in [3.05, 3.63) is 325 Å². The Balaban J connectivity index is 0.000000151. The molecule has 0 unspecified atom stereocenters. The average Bonchev–Trinajstić information content (AvgIpc) is 0.765. The molecule has 24 nitrogen and oxygen atoms in total. The lowest BCUT2D eigenvalue weighted by Gasteiger charge is -2.24. The van der Waals surface area contributed by atoms with Crippen molar-refractivity contribution >= 4 is 112 Å². The van der Waals surface area contributed by atoms with Crippen molar-refractivity contribution in [3.63, 3.8) is 0 Å². The minimum atomic E-state index is -3.57. The van der Waals surface area contributed by atoms with Crippen LogP contribution < -0.4 is 4.73 Å². The number of hydrogen-bond donors (Lipinski definition) is 1. The Bertz CT molecular complexity index is 8180. The molecule has 0 radical (unpaired) electrons. The van der Waals surface area contributed by atoms with E-state index in [1.165, 1.54) is 55.6 Å². The minimum Gasteiger partial charge on any atom is -0.619 e. The summed E-state index contributed by atoms with van der Waals surface area (Å²) in [6, 6.07) is 75.7. The molecule has 0 saturated heterocycles. The third-order valence-corrected chi connectivity index (χ3v) is 35.5. The molecule has 16 rings (SSSR count). The van der Waals surface area contributed by atoms with Gasteiger partial charge < -0.3 is 10.3 Å². The zero-order valence-corrected chi connectivity index (χ0v) is 81.9. The first-order chi connectivity index (χ1) is 61.9. The van der Waals surface area contributed by atoms with Crippen LogP contribution in [0.2, 0.25) is 0 Å². The second-order valence-corrected chi connectivity index (χ2v) is 51.7. The highest BCUT2D eigenvalue weighted by Gasteiger charge is 2.38. The summed E-state index contributed by atoms with van der Waals surface area (Å²) in [4.78, 5) is 31.2. The number of pyridine rings is 8.